The summed E-state index contributed by atoms with van der Waals surface area (Å²) in [6.07, 6.45) is -4.99. The Bertz CT molecular complexity index is 500. The SMILES string of the molecule is CCOC(=O)c1c(Br)cc(OC)c(C(F)(F)F)c1F. The van der Waals surface area contributed by atoms with Gasteiger partial charge in [-0.25, -0.2) is 9.18 Å². The van der Waals surface area contributed by atoms with Crippen molar-refractivity contribution in [1.82, 2.24) is 0 Å². The minimum atomic E-state index is -4.99. The van der Waals surface area contributed by atoms with E-state index in [9.17, 15) is 22.4 Å². The van der Waals surface area contributed by atoms with Gasteiger partial charge in [0.25, 0.3) is 0 Å². The maximum Gasteiger partial charge on any atom is 0.422 e. The maximum atomic E-state index is 13.9. The maximum absolute atomic E-state index is 13.9. The highest BCUT2D eigenvalue weighted by Gasteiger charge is 2.41. The van der Waals surface area contributed by atoms with Crippen LogP contribution in [0.25, 0.3) is 0 Å². The monoisotopic (exact) mass is 344 g/mol. The first-order chi connectivity index (χ1) is 8.73. The van der Waals surface area contributed by atoms with Gasteiger partial charge >= 0.3 is 12.1 Å². The lowest BCUT2D eigenvalue weighted by molar-refractivity contribution is -0.141. The first-order valence-electron chi connectivity index (χ1n) is 5.04. The Hall–Kier alpha value is -1.31. The summed E-state index contributed by atoms with van der Waals surface area (Å²) in [6, 6.07) is 0.873. The molecule has 0 spiro atoms. The van der Waals surface area contributed by atoms with E-state index >= 15 is 0 Å². The largest absolute Gasteiger partial charge is 0.496 e. The standard InChI is InChI=1S/C11H9BrF4O3/c1-3-19-10(17)7-5(12)4-6(18-2)8(9(7)13)11(14,15)16/h4H,3H2,1-2H3. The van der Waals surface area contributed by atoms with Crippen LogP contribution in [0.1, 0.15) is 22.8 Å². The number of halogens is 5. The van der Waals surface area contributed by atoms with Crippen LogP contribution >= 0.6 is 15.9 Å². The van der Waals surface area contributed by atoms with E-state index in [1.165, 1.54) is 6.92 Å². The van der Waals surface area contributed by atoms with Gasteiger partial charge in [-0.15, -0.1) is 0 Å². The molecule has 0 aliphatic rings. The van der Waals surface area contributed by atoms with Crippen LogP contribution < -0.4 is 4.74 Å². The fourth-order valence-corrected chi connectivity index (χ4v) is 1.96. The second-order valence-electron chi connectivity index (χ2n) is 3.34. The second-order valence-corrected chi connectivity index (χ2v) is 4.20. The number of ether oxygens (including phenoxy) is 2. The Labute approximate surface area is 114 Å². The zero-order valence-corrected chi connectivity index (χ0v) is 11.5. The summed E-state index contributed by atoms with van der Waals surface area (Å²) in [5.41, 5.74) is -2.45. The molecule has 3 nitrogen and oxygen atoms in total. The van der Waals surface area contributed by atoms with Crippen molar-refractivity contribution in [2.45, 2.75) is 13.1 Å². The number of rotatable bonds is 3. The Morgan fingerprint density at radius 1 is 1.42 bits per heavy atom. The third-order valence-corrected chi connectivity index (χ3v) is 2.79. The van der Waals surface area contributed by atoms with Gasteiger partial charge in [0.15, 0.2) is 5.82 Å². The van der Waals surface area contributed by atoms with Crippen molar-refractivity contribution in [2.24, 2.45) is 0 Å². The first kappa shape index (κ1) is 15.7. The van der Waals surface area contributed by atoms with E-state index in [1.54, 1.807) is 0 Å². The third kappa shape index (κ3) is 3.17. The summed E-state index contributed by atoms with van der Waals surface area (Å²) in [6.45, 7) is 1.37. The van der Waals surface area contributed by atoms with Crippen LogP contribution in [0.5, 0.6) is 5.75 Å². The Morgan fingerprint density at radius 2 is 2.00 bits per heavy atom. The van der Waals surface area contributed by atoms with Gasteiger partial charge in [0, 0.05) is 4.47 Å². The molecule has 0 aliphatic carbocycles. The van der Waals surface area contributed by atoms with Crippen LogP contribution in [0.4, 0.5) is 17.6 Å². The molecule has 1 rings (SSSR count). The van der Waals surface area contributed by atoms with Crippen LogP contribution in [0.2, 0.25) is 0 Å². The van der Waals surface area contributed by atoms with Gasteiger partial charge in [0.2, 0.25) is 0 Å². The Kier molecular flexibility index (Phi) is 4.78. The predicted octanol–water partition coefficient (Wildman–Crippen LogP) is 3.79. The van der Waals surface area contributed by atoms with Crippen molar-refractivity contribution >= 4 is 21.9 Å². The predicted molar refractivity (Wildman–Crippen MR) is 61.6 cm³/mol. The fraction of sp³-hybridized carbons (Fsp3) is 0.364. The van der Waals surface area contributed by atoms with Crippen molar-refractivity contribution in [3.8, 4) is 5.75 Å². The van der Waals surface area contributed by atoms with Crippen molar-refractivity contribution < 1.29 is 31.8 Å². The number of carbonyl (C=O) groups excluding carboxylic acids is 1. The molecule has 1 aromatic rings. The van der Waals surface area contributed by atoms with Crippen LogP contribution in [0.15, 0.2) is 10.5 Å². The number of alkyl halides is 3. The summed E-state index contributed by atoms with van der Waals surface area (Å²) in [5.74, 6) is -3.62. The van der Waals surface area contributed by atoms with Crippen LogP contribution in [0, 0.1) is 5.82 Å². The molecule has 0 saturated heterocycles. The van der Waals surface area contributed by atoms with Crippen molar-refractivity contribution in [3.05, 3.63) is 27.5 Å². The molecular formula is C11H9BrF4O3. The number of hydrogen-bond donors (Lipinski definition) is 0. The number of carbonyl (C=O) groups is 1. The van der Waals surface area contributed by atoms with E-state index in [-0.39, 0.29) is 11.1 Å². The van der Waals surface area contributed by atoms with E-state index < -0.39 is 34.8 Å². The van der Waals surface area contributed by atoms with E-state index in [1.807, 2.05) is 0 Å². The molecule has 106 valence electrons. The molecule has 1 aromatic carbocycles. The van der Waals surface area contributed by atoms with Crippen LogP contribution in [-0.2, 0) is 10.9 Å². The molecule has 0 amide bonds. The van der Waals surface area contributed by atoms with Gasteiger partial charge in [0.05, 0.1) is 13.7 Å². The molecule has 0 aliphatic heterocycles. The molecule has 0 saturated carbocycles. The average molecular weight is 345 g/mol. The van der Waals surface area contributed by atoms with Gasteiger partial charge in [-0.1, -0.05) is 0 Å². The molecule has 0 N–H and O–H groups in total. The molecule has 0 unspecified atom stereocenters. The van der Waals surface area contributed by atoms with Crippen molar-refractivity contribution in [1.29, 1.82) is 0 Å². The van der Waals surface area contributed by atoms with Gasteiger partial charge in [-0.05, 0) is 28.9 Å². The average Bonchev–Trinajstić information content (AvgIpc) is 2.26. The zero-order valence-electron chi connectivity index (χ0n) is 9.90. The Balaban J connectivity index is 3.56. The lowest BCUT2D eigenvalue weighted by Crippen LogP contribution is -2.16. The van der Waals surface area contributed by atoms with E-state index in [4.69, 9.17) is 0 Å². The summed E-state index contributed by atoms with van der Waals surface area (Å²) in [5, 5.41) is 0. The summed E-state index contributed by atoms with van der Waals surface area (Å²) in [7, 11) is 0.973. The van der Waals surface area contributed by atoms with Gasteiger partial charge < -0.3 is 9.47 Å². The van der Waals surface area contributed by atoms with Gasteiger partial charge in [-0.3, -0.25) is 0 Å². The topological polar surface area (TPSA) is 35.5 Å². The summed E-state index contributed by atoms with van der Waals surface area (Å²) >= 11 is 2.82. The Morgan fingerprint density at radius 3 is 2.42 bits per heavy atom. The third-order valence-electron chi connectivity index (χ3n) is 2.16. The number of esters is 1. The van der Waals surface area contributed by atoms with Crippen LogP contribution in [-0.4, -0.2) is 19.7 Å². The molecule has 8 heteroatoms. The van der Waals surface area contributed by atoms with E-state index in [2.05, 4.69) is 25.4 Å². The summed E-state index contributed by atoms with van der Waals surface area (Å²) in [4.78, 5) is 11.5. The molecule has 0 aromatic heterocycles. The number of benzene rings is 1. The fourth-order valence-electron chi connectivity index (χ4n) is 1.41. The highest BCUT2D eigenvalue weighted by Crippen LogP contribution is 2.41. The molecule has 19 heavy (non-hydrogen) atoms. The van der Waals surface area contributed by atoms with Gasteiger partial charge in [-0.2, -0.15) is 13.2 Å². The van der Waals surface area contributed by atoms with Crippen molar-refractivity contribution in [3.63, 3.8) is 0 Å². The lowest BCUT2D eigenvalue weighted by atomic mass is 10.1. The minimum absolute atomic E-state index is 0.0852. The highest BCUT2D eigenvalue weighted by atomic mass is 79.9. The molecule has 0 atom stereocenters. The smallest absolute Gasteiger partial charge is 0.422 e. The number of hydrogen-bond acceptors (Lipinski definition) is 3. The van der Waals surface area contributed by atoms with E-state index in [0.29, 0.717) is 0 Å². The quantitative estimate of drug-likeness (QED) is 0.618. The molecular weight excluding hydrogens is 336 g/mol. The van der Waals surface area contributed by atoms with Crippen LogP contribution in [0.3, 0.4) is 0 Å². The highest BCUT2D eigenvalue weighted by molar-refractivity contribution is 9.10. The first-order valence-corrected chi connectivity index (χ1v) is 5.83. The normalized spacial score (nSPS) is 11.3. The molecule has 0 fully saturated rings. The second kappa shape index (κ2) is 5.77. The van der Waals surface area contributed by atoms with Crippen molar-refractivity contribution in [2.75, 3.05) is 13.7 Å². The van der Waals surface area contributed by atoms with Gasteiger partial charge in [0.1, 0.15) is 16.9 Å². The summed E-state index contributed by atoms with van der Waals surface area (Å²) < 4.78 is 61.1. The molecule has 0 heterocycles. The number of methoxy groups -OCH3 is 1. The van der Waals surface area contributed by atoms with E-state index in [0.717, 1.165) is 13.2 Å². The minimum Gasteiger partial charge on any atom is -0.496 e. The lowest BCUT2D eigenvalue weighted by Gasteiger charge is -2.16. The zero-order chi connectivity index (χ0) is 14.8. The molecule has 0 radical (unpaired) electrons. The molecule has 0 bridgehead atoms.